The van der Waals surface area contributed by atoms with Gasteiger partial charge in [0.2, 0.25) is 0 Å². The third-order valence-corrected chi connectivity index (χ3v) is 2.40. The molecule has 0 aromatic heterocycles. The summed E-state index contributed by atoms with van der Waals surface area (Å²) in [6.45, 7) is 6.02. The number of carboxylic acid groups (broad SMARTS) is 2. The van der Waals surface area contributed by atoms with Crippen LogP contribution in [0.25, 0.3) is 0 Å². The zero-order chi connectivity index (χ0) is 13.7. The molecular weight excluding hydrogens is 236 g/mol. The van der Waals surface area contributed by atoms with Crippen molar-refractivity contribution in [1.29, 1.82) is 0 Å². The van der Waals surface area contributed by atoms with Gasteiger partial charge in [-0.05, 0) is 31.0 Å². The van der Waals surface area contributed by atoms with Gasteiger partial charge in [0, 0.05) is 0 Å². The zero-order valence-corrected chi connectivity index (χ0v) is 10.1. The van der Waals surface area contributed by atoms with Crippen LogP contribution >= 0.6 is 0 Å². The second kappa shape index (κ2) is 6.05. The Morgan fingerprint density at radius 1 is 1.28 bits per heavy atom. The van der Waals surface area contributed by atoms with Crippen molar-refractivity contribution in [2.24, 2.45) is 0 Å². The molecule has 0 atom stereocenters. The van der Waals surface area contributed by atoms with Crippen molar-refractivity contribution in [1.82, 2.24) is 0 Å². The molecule has 5 nitrogen and oxygen atoms in total. The van der Waals surface area contributed by atoms with E-state index < -0.39 is 11.9 Å². The first-order chi connectivity index (χ1) is 8.47. The fourth-order valence-corrected chi connectivity index (χ4v) is 1.51. The van der Waals surface area contributed by atoms with E-state index in [9.17, 15) is 9.59 Å². The molecule has 97 valence electrons. The molecule has 0 spiro atoms. The van der Waals surface area contributed by atoms with Gasteiger partial charge in [0.15, 0.2) is 0 Å². The number of hydrogen-bond acceptors (Lipinski definition) is 3. The summed E-state index contributed by atoms with van der Waals surface area (Å²) < 4.78 is 5.36. The van der Waals surface area contributed by atoms with Crippen molar-refractivity contribution in [2.45, 2.75) is 19.8 Å². The first kappa shape index (κ1) is 14.0. The predicted molar refractivity (Wildman–Crippen MR) is 65.2 cm³/mol. The second-order valence-corrected chi connectivity index (χ2v) is 3.82. The lowest BCUT2D eigenvalue weighted by Gasteiger charge is -2.10. The molecular formula is C13H15O5. The van der Waals surface area contributed by atoms with E-state index in [1.807, 2.05) is 6.92 Å². The van der Waals surface area contributed by atoms with Crippen LogP contribution in [0.4, 0.5) is 0 Å². The molecule has 0 unspecified atom stereocenters. The van der Waals surface area contributed by atoms with Crippen molar-refractivity contribution in [3.8, 4) is 5.75 Å². The van der Waals surface area contributed by atoms with Gasteiger partial charge in [-0.15, -0.1) is 0 Å². The molecule has 18 heavy (non-hydrogen) atoms. The third kappa shape index (κ3) is 3.23. The number of carbonyl (C=O) groups is 2. The standard InChI is InChI=1S/C13H15O5/c1-3-4-5-18-9-6-8(2)11(13(16)17)10(7-9)12(14)15/h6-7H,2-5H2,1H3,(H,14,15)(H,16,17). The maximum Gasteiger partial charge on any atom is 0.336 e. The first-order valence-electron chi connectivity index (χ1n) is 5.56. The Labute approximate surface area is 105 Å². The van der Waals surface area contributed by atoms with E-state index in [0.29, 0.717) is 12.4 Å². The Bertz CT molecular complexity index is 465. The van der Waals surface area contributed by atoms with Gasteiger partial charge in [0.05, 0.1) is 17.7 Å². The summed E-state index contributed by atoms with van der Waals surface area (Å²) in [5.41, 5.74) is -0.472. The highest BCUT2D eigenvalue weighted by Crippen LogP contribution is 2.23. The van der Waals surface area contributed by atoms with Crippen molar-refractivity contribution in [3.63, 3.8) is 0 Å². The van der Waals surface area contributed by atoms with Crippen molar-refractivity contribution in [3.05, 3.63) is 35.7 Å². The number of carboxylic acids is 2. The molecule has 0 fully saturated rings. The molecule has 1 aromatic carbocycles. The van der Waals surface area contributed by atoms with Crippen LogP contribution in [0.1, 0.15) is 46.0 Å². The van der Waals surface area contributed by atoms with E-state index in [-0.39, 0.29) is 16.7 Å². The van der Waals surface area contributed by atoms with Crippen LogP contribution in [-0.2, 0) is 0 Å². The Morgan fingerprint density at radius 2 is 1.94 bits per heavy atom. The smallest absolute Gasteiger partial charge is 0.336 e. The maximum atomic E-state index is 11.0. The van der Waals surface area contributed by atoms with E-state index in [2.05, 4.69) is 6.92 Å². The Balaban J connectivity index is 3.11. The van der Waals surface area contributed by atoms with Crippen molar-refractivity contribution >= 4 is 11.9 Å². The van der Waals surface area contributed by atoms with E-state index in [1.54, 1.807) is 0 Å². The van der Waals surface area contributed by atoms with Crippen LogP contribution in [0.5, 0.6) is 5.75 Å². The zero-order valence-electron chi connectivity index (χ0n) is 10.1. The number of rotatable bonds is 6. The number of ether oxygens (including phenoxy) is 1. The van der Waals surface area contributed by atoms with E-state index in [0.717, 1.165) is 12.8 Å². The van der Waals surface area contributed by atoms with Gasteiger partial charge in [0.1, 0.15) is 5.75 Å². The van der Waals surface area contributed by atoms with Gasteiger partial charge < -0.3 is 14.9 Å². The molecule has 1 rings (SSSR count). The molecule has 0 aliphatic heterocycles. The molecule has 0 bridgehead atoms. The molecule has 0 saturated carbocycles. The highest BCUT2D eigenvalue weighted by Gasteiger charge is 2.20. The highest BCUT2D eigenvalue weighted by molar-refractivity contribution is 6.03. The van der Waals surface area contributed by atoms with Gasteiger partial charge >= 0.3 is 11.9 Å². The van der Waals surface area contributed by atoms with Crippen LogP contribution < -0.4 is 4.74 Å². The molecule has 0 aliphatic rings. The van der Waals surface area contributed by atoms with E-state index in [1.165, 1.54) is 12.1 Å². The summed E-state index contributed by atoms with van der Waals surface area (Å²) in [5.74, 6) is -2.29. The van der Waals surface area contributed by atoms with Crippen LogP contribution in [0.15, 0.2) is 12.1 Å². The summed E-state index contributed by atoms with van der Waals surface area (Å²) in [4.78, 5) is 22.0. The van der Waals surface area contributed by atoms with Crippen molar-refractivity contribution in [2.75, 3.05) is 6.61 Å². The summed E-state index contributed by atoms with van der Waals surface area (Å²) >= 11 is 0. The number of unbranched alkanes of at least 4 members (excludes halogenated alkanes) is 1. The van der Waals surface area contributed by atoms with Crippen LogP contribution in [0.2, 0.25) is 0 Å². The fourth-order valence-electron chi connectivity index (χ4n) is 1.51. The summed E-state index contributed by atoms with van der Waals surface area (Å²) in [7, 11) is 0. The molecule has 0 amide bonds. The first-order valence-corrected chi connectivity index (χ1v) is 5.56. The summed E-state index contributed by atoms with van der Waals surface area (Å²) in [5, 5.41) is 17.9. The van der Waals surface area contributed by atoms with Crippen LogP contribution in [-0.4, -0.2) is 28.8 Å². The fraction of sp³-hybridized carbons (Fsp3) is 0.308. The Hall–Kier alpha value is -2.04. The number of hydrogen-bond donors (Lipinski definition) is 2. The SMILES string of the molecule is [CH2]c1cc(OCCCC)cc(C(=O)O)c1C(=O)O. The van der Waals surface area contributed by atoms with Gasteiger partial charge in [-0.1, -0.05) is 13.3 Å². The van der Waals surface area contributed by atoms with Gasteiger partial charge in [-0.2, -0.15) is 0 Å². The van der Waals surface area contributed by atoms with Gasteiger partial charge in [-0.3, -0.25) is 0 Å². The lowest BCUT2D eigenvalue weighted by Crippen LogP contribution is -2.11. The molecule has 2 N–H and O–H groups in total. The van der Waals surface area contributed by atoms with E-state index in [4.69, 9.17) is 14.9 Å². The van der Waals surface area contributed by atoms with Gasteiger partial charge in [0.25, 0.3) is 0 Å². The van der Waals surface area contributed by atoms with Gasteiger partial charge in [-0.25, -0.2) is 9.59 Å². The largest absolute Gasteiger partial charge is 0.494 e. The molecule has 5 heteroatoms. The van der Waals surface area contributed by atoms with Crippen LogP contribution in [0, 0.1) is 6.92 Å². The molecule has 0 saturated heterocycles. The normalized spacial score (nSPS) is 10.1. The topological polar surface area (TPSA) is 83.8 Å². The molecule has 1 radical (unpaired) electrons. The predicted octanol–water partition coefficient (Wildman–Crippen LogP) is 2.44. The Morgan fingerprint density at radius 3 is 2.44 bits per heavy atom. The quantitative estimate of drug-likeness (QED) is 0.758. The average molecular weight is 251 g/mol. The minimum absolute atomic E-state index is 0.133. The Kier molecular flexibility index (Phi) is 4.71. The maximum absolute atomic E-state index is 11.0. The molecule has 1 aromatic rings. The monoisotopic (exact) mass is 251 g/mol. The lowest BCUT2D eigenvalue weighted by molar-refractivity contribution is 0.0650. The molecule has 0 heterocycles. The van der Waals surface area contributed by atoms with Crippen LogP contribution in [0.3, 0.4) is 0 Å². The minimum Gasteiger partial charge on any atom is -0.494 e. The second-order valence-electron chi connectivity index (χ2n) is 3.82. The molecule has 0 aliphatic carbocycles. The van der Waals surface area contributed by atoms with E-state index >= 15 is 0 Å². The number of benzene rings is 1. The number of aromatic carboxylic acids is 2. The summed E-state index contributed by atoms with van der Waals surface area (Å²) in [6.07, 6.45) is 1.80. The highest BCUT2D eigenvalue weighted by atomic mass is 16.5. The van der Waals surface area contributed by atoms with Crippen molar-refractivity contribution < 1.29 is 24.5 Å². The lowest BCUT2D eigenvalue weighted by atomic mass is 10.0. The third-order valence-electron chi connectivity index (χ3n) is 2.40. The average Bonchev–Trinajstić information content (AvgIpc) is 2.27. The minimum atomic E-state index is -1.31. The summed E-state index contributed by atoms with van der Waals surface area (Å²) in [6, 6.07) is 2.65.